The van der Waals surface area contributed by atoms with E-state index in [1.165, 1.54) is 6.07 Å². The van der Waals surface area contributed by atoms with Crippen molar-refractivity contribution in [1.29, 1.82) is 0 Å². The van der Waals surface area contributed by atoms with Gasteiger partial charge in [-0.15, -0.1) is 0 Å². The summed E-state index contributed by atoms with van der Waals surface area (Å²) in [6.45, 7) is 3.53. The number of hydrogen-bond donors (Lipinski definition) is 0. The summed E-state index contributed by atoms with van der Waals surface area (Å²) in [5, 5.41) is 0.205. The summed E-state index contributed by atoms with van der Waals surface area (Å²) in [5.74, 6) is 1.30. The summed E-state index contributed by atoms with van der Waals surface area (Å²) in [7, 11) is 0. The summed E-state index contributed by atoms with van der Waals surface area (Å²) in [6, 6.07) is 4.78. The maximum atomic E-state index is 11.9. The van der Waals surface area contributed by atoms with Crippen molar-refractivity contribution < 1.29 is 13.6 Å². The van der Waals surface area contributed by atoms with E-state index in [4.69, 9.17) is 20.4 Å². The Morgan fingerprint density at radius 2 is 2.00 bits per heavy atom. The first-order valence-corrected chi connectivity index (χ1v) is 4.83. The van der Waals surface area contributed by atoms with Gasteiger partial charge in [-0.05, 0) is 43.6 Å². The summed E-state index contributed by atoms with van der Waals surface area (Å²) < 4.78 is 10.3. The van der Waals surface area contributed by atoms with Crippen LogP contribution in [0.1, 0.15) is 27.6 Å². The van der Waals surface area contributed by atoms with E-state index in [0.29, 0.717) is 17.1 Å². The van der Waals surface area contributed by atoms with Crippen molar-refractivity contribution in [3.63, 3.8) is 0 Å². The first-order valence-electron chi connectivity index (χ1n) is 4.45. The van der Waals surface area contributed by atoms with Crippen molar-refractivity contribution in [1.82, 2.24) is 0 Å². The summed E-state index contributed by atoms with van der Waals surface area (Å²) in [4.78, 5) is 11.9. The normalized spacial score (nSPS) is 10.6. The Labute approximate surface area is 91.6 Å². The average molecular weight is 225 g/mol. The quantitative estimate of drug-likeness (QED) is 0.735. The third-order valence-corrected chi connectivity index (χ3v) is 2.29. The van der Waals surface area contributed by atoms with E-state index in [2.05, 4.69) is 0 Å². The Hall–Kier alpha value is -1.48. The molecule has 0 saturated heterocycles. The molecule has 0 N–H and O–H groups in total. The second kappa shape index (κ2) is 3.59. The number of hydrogen-bond acceptors (Lipinski definition) is 3. The molecule has 2 heterocycles. The molecular weight excluding hydrogens is 216 g/mol. The van der Waals surface area contributed by atoms with Crippen LogP contribution in [0.15, 0.2) is 27.0 Å². The van der Waals surface area contributed by atoms with Crippen molar-refractivity contribution in [3.8, 4) is 0 Å². The highest BCUT2D eigenvalue weighted by Gasteiger charge is 2.18. The van der Waals surface area contributed by atoms with Gasteiger partial charge in [-0.1, -0.05) is 0 Å². The molecule has 2 rings (SSSR count). The van der Waals surface area contributed by atoms with Gasteiger partial charge in [0.2, 0.25) is 5.78 Å². The molecule has 0 atom stereocenters. The molecule has 2 aromatic rings. The Balaban J connectivity index is 2.40. The van der Waals surface area contributed by atoms with Crippen LogP contribution in [0.25, 0.3) is 0 Å². The molecule has 0 bridgehead atoms. The lowest BCUT2D eigenvalue weighted by Gasteiger charge is -1.93. The van der Waals surface area contributed by atoms with Gasteiger partial charge in [-0.3, -0.25) is 4.79 Å². The van der Waals surface area contributed by atoms with Crippen molar-refractivity contribution in [2.75, 3.05) is 0 Å². The van der Waals surface area contributed by atoms with E-state index in [9.17, 15) is 4.79 Å². The van der Waals surface area contributed by atoms with Gasteiger partial charge in [0.1, 0.15) is 11.5 Å². The van der Waals surface area contributed by atoms with Gasteiger partial charge in [-0.2, -0.15) is 0 Å². The summed E-state index contributed by atoms with van der Waals surface area (Å²) in [5.41, 5.74) is 0.513. The second-order valence-electron chi connectivity index (χ2n) is 3.26. The number of halogens is 1. The molecule has 0 aliphatic rings. The van der Waals surface area contributed by atoms with Crippen molar-refractivity contribution in [2.45, 2.75) is 13.8 Å². The van der Waals surface area contributed by atoms with Gasteiger partial charge >= 0.3 is 0 Å². The van der Waals surface area contributed by atoms with E-state index in [-0.39, 0.29) is 16.8 Å². The number of carbonyl (C=O) groups is 1. The molecule has 0 unspecified atom stereocenters. The fourth-order valence-corrected chi connectivity index (χ4v) is 1.57. The molecule has 15 heavy (non-hydrogen) atoms. The highest BCUT2D eigenvalue weighted by atomic mass is 35.5. The van der Waals surface area contributed by atoms with Crippen LogP contribution in [0.2, 0.25) is 5.22 Å². The van der Waals surface area contributed by atoms with Crippen LogP contribution in [0, 0.1) is 13.8 Å². The Kier molecular flexibility index (Phi) is 2.40. The molecule has 0 aliphatic heterocycles. The first-order chi connectivity index (χ1) is 7.08. The van der Waals surface area contributed by atoms with E-state index in [1.807, 2.05) is 0 Å². The van der Waals surface area contributed by atoms with Crippen LogP contribution in [0.5, 0.6) is 0 Å². The van der Waals surface area contributed by atoms with Crippen molar-refractivity contribution >= 4 is 17.4 Å². The van der Waals surface area contributed by atoms with Gasteiger partial charge in [0, 0.05) is 0 Å². The number of furan rings is 2. The second-order valence-corrected chi connectivity index (χ2v) is 3.63. The molecule has 2 aromatic heterocycles. The lowest BCUT2D eigenvalue weighted by Crippen LogP contribution is -1.99. The Bertz CT molecular complexity index is 508. The number of carbonyl (C=O) groups excluding carboxylic acids is 1. The van der Waals surface area contributed by atoms with Gasteiger partial charge in [-0.25, -0.2) is 0 Å². The lowest BCUT2D eigenvalue weighted by molar-refractivity contribution is 0.101. The molecule has 3 nitrogen and oxygen atoms in total. The molecule has 4 heteroatoms. The molecule has 0 amide bonds. The highest BCUT2D eigenvalue weighted by Crippen LogP contribution is 2.21. The predicted molar refractivity (Wildman–Crippen MR) is 55.3 cm³/mol. The number of ketones is 1. The number of rotatable bonds is 2. The van der Waals surface area contributed by atoms with Gasteiger partial charge < -0.3 is 8.83 Å². The molecule has 0 aliphatic carbocycles. The van der Waals surface area contributed by atoms with Crippen LogP contribution in [-0.2, 0) is 0 Å². The zero-order valence-electron chi connectivity index (χ0n) is 8.33. The van der Waals surface area contributed by atoms with E-state index in [0.717, 1.165) is 0 Å². The highest BCUT2D eigenvalue weighted by molar-refractivity contribution is 6.29. The topological polar surface area (TPSA) is 43.4 Å². The smallest absolute Gasteiger partial charge is 0.231 e. The summed E-state index contributed by atoms with van der Waals surface area (Å²) >= 11 is 5.59. The average Bonchev–Trinajstić information content (AvgIpc) is 2.71. The minimum atomic E-state index is -0.212. The minimum absolute atomic E-state index is 0.205. The summed E-state index contributed by atoms with van der Waals surface area (Å²) in [6.07, 6.45) is 0. The molecule has 0 radical (unpaired) electrons. The molecular formula is C11H9ClO3. The zero-order chi connectivity index (χ0) is 11.0. The zero-order valence-corrected chi connectivity index (χ0v) is 9.09. The van der Waals surface area contributed by atoms with Crippen LogP contribution in [0.3, 0.4) is 0 Å². The Morgan fingerprint density at radius 1 is 1.27 bits per heavy atom. The molecule has 0 fully saturated rings. The van der Waals surface area contributed by atoms with Gasteiger partial charge in [0.25, 0.3) is 0 Å². The SMILES string of the molecule is Cc1cc(C(=O)c2ccc(Cl)o2)c(C)o1. The third-order valence-electron chi connectivity index (χ3n) is 2.08. The first kappa shape index (κ1) is 10.1. The third kappa shape index (κ3) is 1.83. The molecule has 0 saturated carbocycles. The number of aryl methyl sites for hydroxylation is 2. The van der Waals surface area contributed by atoms with E-state index < -0.39 is 0 Å². The maximum Gasteiger partial charge on any atom is 0.231 e. The predicted octanol–water partition coefficient (Wildman–Crippen LogP) is 3.37. The van der Waals surface area contributed by atoms with Gasteiger partial charge in [0.15, 0.2) is 11.0 Å². The molecule has 78 valence electrons. The molecule has 0 aromatic carbocycles. The largest absolute Gasteiger partial charge is 0.466 e. The van der Waals surface area contributed by atoms with E-state index >= 15 is 0 Å². The lowest BCUT2D eigenvalue weighted by atomic mass is 10.1. The van der Waals surface area contributed by atoms with Crippen molar-refractivity contribution in [2.24, 2.45) is 0 Å². The monoisotopic (exact) mass is 224 g/mol. The van der Waals surface area contributed by atoms with Gasteiger partial charge in [0.05, 0.1) is 5.56 Å². The minimum Gasteiger partial charge on any atom is -0.466 e. The Morgan fingerprint density at radius 3 is 2.47 bits per heavy atom. The van der Waals surface area contributed by atoms with Crippen LogP contribution >= 0.6 is 11.6 Å². The fourth-order valence-electron chi connectivity index (χ4n) is 1.43. The van der Waals surface area contributed by atoms with Crippen LogP contribution in [-0.4, -0.2) is 5.78 Å². The van der Waals surface area contributed by atoms with Crippen molar-refractivity contribution in [3.05, 3.63) is 46.3 Å². The van der Waals surface area contributed by atoms with Crippen LogP contribution in [0.4, 0.5) is 0 Å². The van der Waals surface area contributed by atoms with Crippen LogP contribution < -0.4 is 0 Å². The van der Waals surface area contributed by atoms with E-state index in [1.54, 1.807) is 26.0 Å². The molecule has 0 spiro atoms. The fraction of sp³-hybridized carbons (Fsp3) is 0.182. The maximum absolute atomic E-state index is 11.9. The standard InChI is InChI=1S/C11H9ClO3/c1-6-5-8(7(2)14-6)11(13)9-3-4-10(12)15-9/h3-5H,1-2H3.